The Bertz CT molecular complexity index is 349. The normalized spacial score (nSPS) is 12.5. The number of rotatable bonds is 7. The third-order valence-electron chi connectivity index (χ3n) is 2.26. The molecule has 0 amide bonds. The maximum atomic E-state index is 13.1. The molecule has 0 saturated carbocycles. The van der Waals surface area contributed by atoms with E-state index in [9.17, 15) is 4.39 Å². The van der Waals surface area contributed by atoms with Crippen molar-refractivity contribution in [3.63, 3.8) is 0 Å². The van der Waals surface area contributed by atoms with Crippen LogP contribution in [0.2, 0.25) is 5.02 Å². The van der Waals surface area contributed by atoms with E-state index < -0.39 is 5.82 Å². The van der Waals surface area contributed by atoms with Crippen LogP contribution in [0.3, 0.4) is 0 Å². The molecule has 2 N–H and O–H groups in total. The molecule has 1 aromatic rings. The fourth-order valence-corrected chi connectivity index (χ4v) is 1.50. The molecular formula is C12H17ClFNO2. The van der Waals surface area contributed by atoms with Gasteiger partial charge in [0.25, 0.3) is 0 Å². The Morgan fingerprint density at radius 2 is 2.24 bits per heavy atom. The SMILES string of the molecule is CCOC(CN)CCOc1ccc(Cl)c(F)c1. The summed E-state index contributed by atoms with van der Waals surface area (Å²) in [4.78, 5) is 0. The van der Waals surface area contributed by atoms with E-state index in [4.69, 9.17) is 26.8 Å². The molecule has 0 aromatic heterocycles. The second-order valence-electron chi connectivity index (χ2n) is 3.53. The van der Waals surface area contributed by atoms with Crippen molar-refractivity contribution in [3.8, 4) is 5.75 Å². The van der Waals surface area contributed by atoms with Gasteiger partial charge in [-0.15, -0.1) is 0 Å². The summed E-state index contributed by atoms with van der Waals surface area (Å²) < 4.78 is 23.9. The molecule has 5 heteroatoms. The smallest absolute Gasteiger partial charge is 0.145 e. The minimum atomic E-state index is -0.482. The van der Waals surface area contributed by atoms with Gasteiger partial charge in [-0.2, -0.15) is 0 Å². The van der Waals surface area contributed by atoms with Crippen LogP contribution in [0.5, 0.6) is 5.75 Å². The molecule has 0 heterocycles. The first-order chi connectivity index (χ1) is 8.17. The van der Waals surface area contributed by atoms with Crippen molar-refractivity contribution in [2.45, 2.75) is 19.4 Å². The molecule has 1 atom stereocenters. The lowest BCUT2D eigenvalue weighted by Crippen LogP contribution is -2.25. The van der Waals surface area contributed by atoms with Gasteiger partial charge in [0.05, 0.1) is 17.7 Å². The van der Waals surface area contributed by atoms with Crippen molar-refractivity contribution >= 4 is 11.6 Å². The van der Waals surface area contributed by atoms with Gasteiger partial charge in [0.15, 0.2) is 0 Å². The maximum Gasteiger partial charge on any atom is 0.145 e. The number of halogens is 2. The molecule has 0 fully saturated rings. The number of hydrogen-bond acceptors (Lipinski definition) is 3. The van der Waals surface area contributed by atoms with Crippen molar-refractivity contribution in [2.75, 3.05) is 19.8 Å². The largest absolute Gasteiger partial charge is 0.493 e. The van der Waals surface area contributed by atoms with Crippen LogP contribution in [0.4, 0.5) is 4.39 Å². The van der Waals surface area contributed by atoms with E-state index in [0.29, 0.717) is 31.9 Å². The Morgan fingerprint density at radius 3 is 2.82 bits per heavy atom. The first-order valence-corrected chi connectivity index (χ1v) is 5.94. The zero-order valence-corrected chi connectivity index (χ0v) is 10.5. The molecule has 0 saturated heterocycles. The Balaban J connectivity index is 2.37. The fraction of sp³-hybridized carbons (Fsp3) is 0.500. The molecule has 0 radical (unpaired) electrons. The molecule has 0 bridgehead atoms. The van der Waals surface area contributed by atoms with Gasteiger partial charge in [0, 0.05) is 25.6 Å². The van der Waals surface area contributed by atoms with Crippen LogP contribution in [0, 0.1) is 5.82 Å². The van der Waals surface area contributed by atoms with Gasteiger partial charge in [-0.1, -0.05) is 11.6 Å². The molecule has 0 aliphatic rings. The van der Waals surface area contributed by atoms with Crippen molar-refractivity contribution < 1.29 is 13.9 Å². The van der Waals surface area contributed by atoms with Crippen LogP contribution in [0.15, 0.2) is 18.2 Å². The average molecular weight is 262 g/mol. The minimum absolute atomic E-state index is 0.0165. The van der Waals surface area contributed by atoms with Gasteiger partial charge in [0.1, 0.15) is 11.6 Å². The highest BCUT2D eigenvalue weighted by molar-refractivity contribution is 6.30. The second-order valence-corrected chi connectivity index (χ2v) is 3.93. The van der Waals surface area contributed by atoms with E-state index in [1.165, 1.54) is 12.1 Å². The highest BCUT2D eigenvalue weighted by Gasteiger charge is 2.07. The van der Waals surface area contributed by atoms with E-state index in [2.05, 4.69) is 0 Å². The van der Waals surface area contributed by atoms with Gasteiger partial charge < -0.3 is 15.2 Å². The summed E-state index contributed by atoms with van der Waals surface area (Å²) in [6, 6.07) is 4.36. The van der Waals surface area contributed by atoms with Gasteiger partial charge >= 0.3 is 0 Å². The average Bonchev–Trinajstić information content (AvgIpc) is 2.32. The van der Waals surface area contributed by atoms with Gasteiger partial charge in [-0.05, 0) is 19.1 Å². The van der Waals surface area contributed by atoms with Crippen molar-refractivity contribution in [1.29, 1.82) is 0 Å². The van der Waals surface area contributed by atoms with Gasteiger partial charge in [0.2, 0.25) is 0 Å². The zero-order chi connectivity index (χ0) is 12.7. The Morgan fingerprint density at radius 1 is 1.47 bits per heavy atom. The van der Waals surface area contributed by atoms with E-state index >= 15 is 0 Å². The predicted molar refractivity (Wildman–Crippen MR) is 66.0 cm³/mol. The molecule has 17 heavy (non-hydrogen) atoms. The maximum absolute atomic E-state index is 13.1. The molecule has 3 nitrogen and oxygen atoms in total. The lowest BCUT2D eigenvalue weighted by atomic mass is 10.2. The first-order valence-electron chi connectivity index (χ1n) is 5.57. The number of hydrogen-bond donors (Lipinski definition) is 1. The lowest BCUT2D eigenvalue weighted by Gasteiger charge is -2.15. The summed E-state index contributed by atoms with van der Waals surface area (Å²) in [6.45, 7) is 3.42. The summed E-state index contributed by atoms with van der Waals surface area (Å²) in [5, 5.41) is 0.0894. The second kappa shape index (κ2) is 7.48. The Hall–Kier alpha value is -0.840. The Labute approximate surface area is 106 Å². The summed E-state index contributed by atoms with van der Waals surface area (Å²) in [5.74, 6) is -0.0245. The molecule has 0 aliphatic carbocycles. The molecule has 1 unspecified atom stereocenters. The number of ether oxygens (including phenoxy) is 2. The van der Waals surface area contributed by atoms with Crippen LogP contribution in [-0.4, -0.2) is 25.9 Å². The third-order valence-corrected chi connectivity index (χ3v) is 2.57. The van der Waals surface area contributed by atoms with Crippen molar-refractivity contribution in [3.05, 3.63) is 29.0 Å². The van der Waals surface area contributed by atoms with Crippen LogP contribution in [0.25, 0.3) is 0 Å². The predicted octanol–water partition coefficient (Wildman–Crippen LogP) is 2.61. The molecule has 0 spiro atoms. The standard InChI is InChI=1S/C12H17ClFNO2/c1-2-16-10(8-15)5-6-17-9-3-4-11(13)12(14)7-9/h3-4,7,10H,2,5-6,8,15H2,1H3. The number of nitrogens with two attached hydrogens (primary N) is 1. The van der Waals surface area contributed by atoms with E-state index in [-0.39, 0.29) is 11.1 Å². The number of benzene rings is 1. The van der Waals surface area contributed by atoms with Crippen LogP contribution < -0.4 is 10.5 Å². The van der Waals surface area contributed by atoms with E-state index in [0.717, 1.165) is 0 Å². The van der Waals surface area contributed by atoms with E-state index in [1.54, 1.807) is 6.07 Å². The van der Waals surface area contributed by atoms with Gasteiger partial charge in [-0.3, -0.25) is 0 Å². The molecule has 1 aromatic carbocycles. The lowest BCUT2D eigenvalue weighted by molar-refractivity contribution is 0.0526. The Kier molecular flexibility index (Phi) is 6.26. The first kappa shape index (κ1) is 14.2. The van der Waals surface area contributed by atoms with E-state index in [1.807, 2.05) is 6.92 Å². The molecule has 0 aliphatic heterocycles. The quantitative estimate of drug-likeness (QED) is 0.821. The summed E-state index contributed by atoms with van der Waals surface area (Å²) in [7, 11) is 0. The topological polar surface area (TPSA) is 44.5 Å². The van der Waals surface area contributed by atoms with Crippen molar-refractivity contribution in [1.82, 2.24) is 0 Å². The van der Waals surface area contributed by atoms with Crippen LogP contribution in [-0.2, 0) is 4.74 Å². The monoisotopic (exact) mass is 261 g/mol. The molecular weight excluding hydrogens is 245 g/mol. The van der Waals surface area contributed by atoms with Gasteiger partial charge in [-0.25, -0.2) is 4.39 Å². The fourth-order valence-electron chi connectivity index (χ4n) is 1.38. The summed E-state index contributed by atoms with van der Waals surface area (Å²) >= 11 is 5.56. The van der Waals surface area contributed by atoms with Crippen LogP contribution in [0.1, 0.15) is 13.3 Å². The van der Waals surface area contributed by atoms with Crippen LogP contribution >= 0.6 is 11.6 Å². The minimum Gasteiger partial charge on any atom is -0.493 e. The molecule has 96 valence electrons. The molecule has 1 rings (SSSR count). The summed E-state index contributed by atoms with van der Waals surface area (Å²) in [5.41, 5.74) is 5.52. The highest BCUT2D eigenvalue weighted by Crippen LogP contribution is 2.20. The van der Waals surface area contributed by atoms with Crippen molar-refractivity contribution in [2.24, 2.45) is 5.73 Å². The highest BCUT2D eigenvalue weighted by atomic mass is 35.5. The zero-order valence-electron chi connectivity index (χ0n) is 9.79. The third kappa shape index (κ3) is 4.89. The summed E-state index contributed by atoms with van der Waals surface area (Å²) in [6.07, 6.45) is 0.659.